The van der Waals surface area contributed by atoms with Crippen LogP contribution in [-0.4, -0.2) is 51.3 Å². The summed E-state index contributed by atoms with van der Waals surface area (Å²) in [6.45, 7) is 3.93. The summed E-state index contributed by atoms with van der Waals surface area (Å²) < 4.78 is 16.7. The average Bonchev–Trinajstić information content (AvgIpc) is 2.81. The Morgan fingerprint density at radius 2 is 1.81 bits per heavy atom. The summed E-state index contributed by atoms with van der Waals surface area (Å²) >= 11 is 0. The van der Waals surface area contributed by atoms with Crippen LogP contribution < -0.4 is 19.5 Å². The minimum absolute atomic E-state index is 0.0844. The van der Waals surface area contributed by atoms with Gasteiger partial charge in [-0.1, -0.05) is 12.1 Å². The maximum Gasteiger partial charge on any atom is 0.224 e. The fraction of sp³-hybridized carbons (Fsp3) is 0.480. The van der Waals surface area contributed by atoms with Gasteiger partial charge in [0.25, 0.3) is 0 Å². The SMILES string of the molecule is COc1ccc(C2CCN(CCCOc3ccc4c(c3)NC(=O)CC4)CC2)cc1OC. The molecule has 0 aliphatic carbocycles. The number of rotatable bonds is 8. The maximum absolute atomic E-state index is 11.6. The zero-order valence-electron chi connectivity index (χ0n) is 18.5. The zero-order valence-corrected chi connectivity index (χ0v) is 18.5. The van der Waals surface area contributed by atoms with Crippen LogP contribution in [0.4, 0.5) is 5.69 Å². The van der Waals surface area contributed by atoms with Crippen molar-refractivity contribution in [3.8, 4) is 17.2 Å². The molecule has 1 amide bonds. The standard InChI is InChI=1S/C25H32N2O4/c1-29-23-8-5-20(16-24(23)30-2)18-10-13-27(14-11-18)12-3-15-31-21-7-4-19-6-9-25(28)26-22(19)17-21/h4-5,7-8,16-18H,3,6,9-15H2,1-2H3,(H,26,28). The van der Waals surface area contributed by atoms with Gasteiger partial charge in [-0.3, -0.25) is 4.79 Å². The molecule has 2 heterocycles. The minimum atomic E-state index is 0.0844. The summed E-state index contributed by atoms with van der Waals surface area (Å²) in [4.78, 5) is 14.1. The molecule has 1 N–H and O–H groups in total. The Hall–Kier alpha value is -2.73. The number of likely N-dealkylation sites (tertiary alicyclic amines) is 1. The van der Waals surface area contributed by atoms with E-state index >= 15 is 0 Å². The number of piperidine rings is 1. The molecule has 0 atom stereocenters. The van der Waals surface area contributed by atoms with E-state index in [4.69, 9.17) is 14.2 Å². The Labute approximate surface area is 184 Å². The smallest absolute Gasteiger partial charge is 0.224 e. The number of amides is 1. The van der Waals surface area contributed by atoms with Crippen LogP contribution in [0.5, 0.6) is 17.2 Å². The third-order valence-corrected chi connectivity index (χ3v) is 6.33. The molecular formula is C25H32N2O4. The molecule has 0 bridgehead atoms. The number of carbonyl (C=O) groups is 1. The van der Waals surface area contributed by atoms with Crippen LogP contribution >= 0.6 is 0 Å². The number of aryl methyl sites for hydroxylation is 1. The largest absolute Gasteiger partial charge is 0.493 e. The second-order valence-electron chi connectivity index (χ2n) is 8.30. The Morgan fingerprint density at radius 3 is 2.58 bits per heavy atom. The van der Waals surface area contributed by atoms with E-state index in [0.29, 0.717) is 18.9 Å². The van der Waals surface area contributed by atoms with Crippen LogP contribution in [0.1, 0.15) is 42.7 Å². The highest BCUT2D eigenvalue weighted by atomic mass is 16.5. The Kier molecular flexibility index (Phi) is 6.97. The molecule has 2 aromatic rings. The van der Waals surface area contributed by atoms with Crippen molar-refractivity contribution in [2.75, 3.05) is 45.8 Å². The van der Waals surface area contributed by atoms with Gasteiger partial charge >= 0.3 is 0 Å². The Balaban J connectivity index is 1.20. The monoisotopic (exact) mass is 424 g/mol. The summed E-state index contributed by atoms with van der Waals surface area (Å²) in [5, 5.41) is 2.93. The topological polar surface area (TPSA) is 60.0 Å². The third kappa shape index (κ3) is 5.31. The molecule has 0 saturated carbocycles. The van der Waals surface area contributed by atoms with Crippen LogP contribution in [0.3, 0.4) is 0 Å². The third-order valence-electron chi connectivity index (χ3n) is 6.33. The number of anilines is 1. The number of nitrogens with zero attached hydrogens (tertiary/aromatic N) is 1. The number of methoxy groups -OCH3 is 2. The molecule has 1 fully saturated rings. The van der Waals surface area contributed by atoms with Crippen molar-refractivity contribution in [1.82, 2.24) is 4.90 Å². The van der Waals surface area contributed by atoms with E-state index in [9.17, 15) is 4.79 Å². The highest BCUT2D eigenvalue weighted by Gasteiger charge is 2.21. The number of ether oxygens (including phenoxy) is 3. The molecule has 4 rings (SSSR count). The van der Waals surface area contributed by atoms with Gasteiger partial charge in [0.05, 0.1) is 20.8 Å². The van der Waals surface area contributed by atoms with Gasteiger partial charge in [0.15, 0.2) is 11.5 Å². The van der Waals surface area contributed by atoms with Gasteiger partial charge in [0.1, 0.15) is 5.75 Å². The van der Waals surface area contributed by atoms with E-state index in [0.717, 1.165) is 68.3 Å². The van der Waals surface area contributed by atoms with Gasteiger partial charge in [-0.25, -0.2) is 0 Å². The van der Waals surface area contributed by atoms with Crippen molar-refractivity contribution in [3.63, 3.8) is 0 Å². The number of nitrogens with one attached hydrogen (secondary N) is 1. The summed E-state index contributed by atoms with van der Waals surface area (Å²) in [7, 11) is 3.36. The number of hydrogen-bond acceptors (Lipinski definition) is 5. The van der Waals surface area contributed by atoms with Crippen molar-refractivity contribution in [2.45, 2.75) is 38.0 Å². The fourth-order valence-electron chi connectivity index (χ4n) is 4.52. The molecule has 2 aliphatic heterocycles. The fourth-order valence-corrected chi connectivity index (χ4v) is 4.52. The lowest BCUT2D eigenvalue weighted by Crippen LogP contribution is -2.34. The summed E-state index contributed by atoms with van der Waals surface area (Å²) in [6, 6.07) is 12.3. The molecule has 0 spiro atoms. The molecule has 166 valence electrons. The van der Waals surface area contributed by atoms with Gasteiger partial charge in [0.2, 0.25) is 5.91 Å². The molecular weight excluding hydrogens is 392 g/mol. The quantitative estimate of drug-likeness (QED) is 0.643. The second kappa shape index (κ2) is 10.1. The zero-order chi connectivity index (χ0) is 21.6. The summed E-state index contributed by atoms with van der Waals surface area (Å²) in [5.41, 5.74) is 3.41. The molecule has 0 aromatic heterocycles. The van der Waals surface area contributed by atoms with E-state index in [1.807, 2.05) is 18.2 Å². The first-order valence-corrected chi connectivity index (χ1v) is 11.2. The lowest BCUT2D eigenvalue weighted by Gasteiger charge is -2.32. The first kappa shape index (κ1) is 21.5. The van der Waals surface area contributed by atoms with Gasteiger partial charge < -0.3 is 24.4 Å². The van der Waals surface area contributed by atoms with E-state index < -0.39 is 0 Å². The lowest BCUT2D eigenvalue weighted by atomic mass is 9.89. The van der Waals surface area contributed by atoms with Crippen LogP contribution in [0.2, 0.25) is 0 Å². The molecule has 0 radical (unpaired) electrons. The van der Waals surface area contributed by atoms with Gasteiger partial charge in [-0.2, -0.15) is 0 Å². The first-order valence-electron chi connectivity index (χ1n) is 11.2. The normalized spacial score (nSPS) is 17.0. The van der Waals surface area contributed by atoms with Crippen LogP contribution in [0, 0.1) is 0 Å². The van der Waals surface area contributed by atoms with Crippen LogP contribution in [0.15, 0.2) is 36.4 Å². The van der Waals surface area contributed by atoms with Crippen LogP contribution in [0.25, 0.3) is 0 Å². The van der Waals surface area contributed by atoms with Crippen LogP contribution in [-0.2, 0) is 11.2 Å². The molecule has 2 aliphatic rings. The first-order chi connectivity index (χ1) is 15.2. The Morgan fingerprint density at radius 1 is 1.00 bits per heavy atom. The highest BCUT2D eigenvalue weighted by Crippen LogP contribution is 2.35. The predicted octanol–water partition coefficient (Wildman–Crippen LogP) is 4.24. The van der Waals surface area contributed by atoms with Crippen molar-refractivity contribution in [1.29, 1.82) is 0 Å². The summed E-state index contributed by atoms with van der Waals surface area (Å²) in [6.07, 6.45) is 4.67. The average molecular weight is 425 g/mol. The maximum atomic E-state index is 11.6. The summed E-state index contributed by atoms with van der Waals surface area (Å²) in [5.74, 6) is 3.07. The van der Waals surface area contributed by atoms with Gasteiger partial charge in [-0.05, 0) is 74.0 Å². The van der Waals surface area contributed by atoms with E-state index in [-0.39, 0.29) is 5.91 Å². The predicted molar refractivity (Wildman–Crippen MR) is 121 cm³/mol. The molecule has 2 aromatic carbocycles. The van der Waals surface area contributed by atoms with Gasteiger partial charge in [-0.15, -0.1) is 0 Å². The lowest BCUT2D eigenvalue weighted by molar-refractivity contribution is -0.116. The molecule has 0 unspecified atom stereocenters. The molecule has 31 heavy (non-hydrogen) atoms. The van der Waals surface area contributed by atoms with E-state index in [1.54, 1.807) is 14.2 Å². The number of hydrogen-bond donors (Lipinski definition) is 1. The molecule has 1 saturated heterocycles. The molecule has 6 heteroatoms. The van der Waals surface area contributed by atoms with E-state index in [1.165, 1.54) is 11.1 Å². The number of fused-ring (bicyclic) bond motifs is 1. The minimum Gasteiger partial charge on any atom is -0.493 e. The number of carbonyl (C=O) groups excluding carboxylic acids is 1. The van der Waals surface area contributed by atoms with E-state index in [2.05, 4.69) is 28.4 Å². The Bertz CT molecular complexity index is 906. The molecule has 6 nitrogen and oxygen atoms in total. The van der Waals surface area contributed by atoms with Crippen molar-refractivity contribution < 1.29 is 19.0 Å². The van der Waals surface area contributed by atoms with Crippen molar-refractivity contribution >= 4 is 11.6 Å². The van der Waals surface area contributed by atoms with Crippen molar-refractivity contribution in [3.05, 3.63) is 47.5 Å². The highest BCUT2D eigenvalue weighted by molar-refractivity contribution is 5.94. The van der Waals surface area contributed by atoms with Gasteiger partial charge in [0, 0.05) is 24.7 Å². The van der Waals surface area contributed by atoms with Crippen molar-refractivity contribution in [2.24, 2.45) is 0 Å². The number of benzene rings is 2. The second-order valence-corrected chi connectivity index (χ2v) is 8.30.